The van der Waals surface area contributed by atoms with Crippen molar-refractivity contribution in [3.05, 3.63) is 11.6 Å². The summed E-state index contributed by atoms with van der Waals surface area (Å²) >= 11 is 0. The number of nitrogens with zero attached hydrogens (tertiary/aromatic N) is 3. The van der Waals surface area contributed by atoms with Crippen LogP contribution in [0.1, 0.15) is 48.5 Å². The molecule has 2 aliphatic rings. The topological polar surface area (TPSA) is 85.1 Å². The van der Waals surface area contributed by atoms with E-state index in [2.05, 4.69) is 10.2 Å². The molecular formula is C11H17N3O3S. The van der Waals surface area contributed by atoms with Crippen molar-refractivity contribution < 1.29 is 13.5 Å². The summed E-state index contributed by atoms with van der Waals surface area (Å²) in [6.07, 6.45) is 3.19. The molecule has 2 atom stereocenters. The van der Waals surface area contributed by atoms with E-state index in [0.29, 0.717) is 18.7 Å². The van der Waals surface area contributed by atoms with E-state index in [1.807, 2.05) is 4.57 Å². The van der Waals surface area contributed by atoms with Crippen LogP contribution in [-0.2, 0) is 16.4 Å². The highest BCUT2D eigenvalue weighted by Crippen LogP contribution is 2.36. The molecule has 1 saturated heterocycles. The van der Waals surface area contributed by atoms with E-state index < -0.39 is 15.1 Å². The number of aliphatic hydroxyl groups excluding tert-OH is 1. The van der Waals surface area contributed by atoms with E-state index in [-0.39, 0.29) is 18.3 Å². The Morgan fingerprint density at radius 3 is 2.67 bits per heavy atom. The van der Waals surface area contributed by atoms with Gasteiger partial charge in [-0.15, -0.1) is 10.2 Å². The van der Waals surface area contributed by atoms with Crippen molar-refractivity contribution in [1.29, 1.82) is 0 Å². The average molecular weight is 271 g/mol. The van der Waals surface area contributed by atoms with Gasteiger partial charge in [-0.2, -0.15) is 0 Å². The van der Waals surface area contributed by atoms with E-state index in [1.165, 1.54) is 0 Å². The molecule has 3 rings (SSSR count). The van der Waals surface area contributed by atoms with Gasteiger partial charge in [-0.25, -0.2) is 8.42 Å². The average Bonchev–Trinajstić information content (AvgIpc) is 2.91. The predicted octanol–water partition coefficient (Wildman–Crippen LogP) is 0.398. The normalized spacial score (nSPS) is 30.3. The van der Waals surface area contributed by atoms with Gasteiger partial charge < -0.3 is 9.67 Å². The van der Waals surface area contributed by atoms with Crippen LogP contribution in [0.25, 0.3) is 0 Å². The standard InChI is InChI=1S/C11H17N3O3S/c15-7-8-3-1-5-14-10(8)12-13-11(14)9-4-2-6-18(9,16)17/h8-9,15H,1-7H2. The molecule has 1 aromatic heterocycles. The fourth-order valence-electron chi connectivity index (χ4n) is 2.98. The second-order valence-corrected chi connectivity index (χ2v) is 7.39. The zero-order valence-corrected chi connectivity index (χ0v) is 10.9. The van der Waals surface area contributed by atoms with Crippen LogP contribution in [0.3, 0.4) is 0 Å². The van der Waals surface area contributed by atoms with Crippen molar-refractivity contribution in [2.75, 3.05) is 12.4 Å². The molecule has 18 heavy (non-hydrogen) atoms. The summed E-state index contributed by atoms with van der Waals surface area (Å²) < 4.78 is 25.8. The number of fused-ring (bicyclic) bond motifs is 1. The third-order valence-electron chi connectivity index (χ3n) is 3.94. The van der Waals surface area contributed by atoms with Gasteiger partial charge >= 0.3 is 0 Å². The molecule has 0 saturated carbocycles. The number of hydrogen-bond acceptors (Lipinski definition) is 5. The summed E-state index contributed by atoms with van der Waals surface area (Å²) in [7, 11) is -3.05. The molecule has 1 N–H and O–H groups in total. The second-order valence-electron chi connectivity index (χ2n) is 5.09. The minimum atomic E-state index is -3.05. The van der Waals surface area contributed by atoms with E-state index in [4.69, 9.17) is 0 Å². The lowest BCUT2D eigenvalue weighted by atomic mass is 10.00. The maximum absolute atomic E-state index is 12.0. The lowest BCUT2D eigenvalue weighted by molar-refractivity contribution is 0.237. The van der Waals surface area contributed by atoms with Crippen molar-refractivity contribution in [3.63, 3.8) is 0 Å². The van der Waals surface area contributed by atoms with E-state index >= 15 is 0 Å². The number of hydrogen-bond donors (Lipinski definition) is 1. The highest BCUT2D eigenvalue weighted by atomic mass is 32.2. The van der Waals surface area contributed by atoms with Crippen LogP contribution >= 0.6 is 0 Å². The van der Waals surface area contributed by atoms with E-state index in [1.54, 1.807) is 0 Å². The summed E-state index contributed by atoms with van der Waals surface area (Å²) in [5.41, 5.74) is 0. The Hall–Kier alpha value is -0.950. The first-order valence-electron chi connectivity index (χ1n) is 6.39. The molecule has 2 unspecified atom stereocenters. The lowest BCUT2D eigenvalue weighted by Crippen LogP contribution is -2.22. The number of rotatable bonds is 2. The minimum Gasteiger partial charge on any atom is -0.396 e. The van der Waals surface area contributed by atoms with Crippen molar-refractivity contribution in [3.8, 4) is 0 Å². The highest BCUT2D eigenvalue weighted by molar-refractivity contribution is 7.91. The fourth-order valence-corrected chi connectivity index (χ4v) is 4.85. The SMILES string of the molecule is O=S1(=O)CCCC1c1nnc2n1CCCC2CO. The van der Waals surface area contributed by atoms with Gasteiger partial charge in [0.25, 0.3) is 0 Å². The van der Waals surface area contributed by atoms with Gasteiger partial charge in [0.15, 0.2) is 15.7 Å². The Labute approximate surface area is 106 Å². The van der Waals surface area contributed by atoms with Gasteiger partial charge in [0.05, 0.1) is 12.4 Å². The molecule has 0 aliphatic carbocycles. The third-order valence-corrected chi connectivity index (χ3v) is 6.12. The minimum absolute atomic E-state index is 0.00380. The van der Waals surface area contributed by atoms with Gasteiger partial charge in [0.1, 0.15) is 11.1 Å². The molecule has 0 spiro atoms. The van der Waals surface area contributed by atoms with Crippen molar-refractivity contribution in [2.45, 2.75) is 43.4 Å². The van der Waals surface area contributed by atoms with Crippen LogP contribution in [0.2, 0.25) is 0 Å². The molecular weight excluding hydrogens is 254 g/mol. The largest absolute Gasteiger partial charge is 0.396 e. The number of aliphatic hydroxyl groups is 1. The van der Waals surface area contributed by atoms with Crippen molar-refractivity contribution >= 4 is 9.84 Å². The smallest absolute Gasteiger partial charge is 0.160 e. The number of sulfone groups is 1. The Balaban J connectivity index is 2.02. The lowest BCUT2D eigenvalue weighted by Gasteiger charge is -2.22. The van der Waals surface area contributed by atoms with Crippen LogP contribution in [0.15, 0.2) is 0 Å². The fraction of sp³-hybridized carbons (Fsp3) is 0.818. The van der Waals surface area contributed by atoms with Crippen LogP contribution < -0.4 is 0 Å². The van der Waals surface area contributed by atoms with Crippen molar-refractivity contribution in [2.24, 2.45) is 0 Å². The van der Waals surface area contributed by atoms with Gasteiger partial charge in [-0.3, -0.25) is 0 Å². The summed E-state index contributed by atoms with van der Waals surface area (Å²) in [5, 5.41) is 17.0. The molecule has 0 bridgehead atoms. The molecule has 0 radical (unpaired) electrons. The second kappa shape index (κ2) is 4.31. The molecule has 100 valence electrons. The monoisotopic (exact) mass is 271 g/mol. The van der Waals surface area contributed by atoms with Crippen molar-refractivity contribution in [1.82, 2.24) is 14.8 Å². The summed E-state index contributed by atoms with van der Waals surface area (Å²) in [6, 6.07) is 0. The molecule has 1 fully saturated rings. The van der Waals surface area contributed by atoms with Crippen LogP contribution in [0.5, 0.6) is 0 Å². The molecule has 3 heterocycles. The number of aromatic nitrogens is 3. The van der Waals surface area contributed by atoms with Crippen LogP contribution in [-0.4, -0.2) is 40.6 Å². The predicted molar refractivity (Wildman–Crippen MR) is 64.8 cm³/mol. The highest BCUT2D eigenvalue weighted by Gasteiger charge is 2.38. The molecule has 0 amide bonds. The Bertz CT molecular complexity index is 552. The quantitative estimate of drug-likeness (QED) is 0.841. The molecule has 2 aliphatic heterocycles. The van der Waals surface area contributed by atoms with Crippen LogP contribution in [0, 0.1) is 0 Å². The Kier molecular flexibility index (Phi) is 2.90. The molecule has 6 nitrogen and oxygen atoms in total. The summed E-state index contributed by atoms with van der Waals surface area (Å²) in [4.78, 5) is 0. The van der Waals surface area contributed by atoms with Gasteiger partial charge in [0.2, 0.25) is 0 Å². The first kappa shape index (κ1) is 12.1. The first-order valence-corrected chi connectivity index (χ1v) is 8.10. The zero-order chi connectivity index (χ0) is 12.8. The summed E-state index contributed by atoms with van der Waals surface area (Å²) in [5.74, 6) is 1.59. The van der Waals surface area contributed by atoms with Gasteiger partial charge in [-0.05, 0) is 25.7 Å². The Morgan fingerprint density at radius 1 is 1.22 bits per heavy atom. The van der Waals surface area contributed by atoms with Crippen LogP contribution in [0.4, 0.5) is 0 Å². The Morgan fingerprint density at radius 2 is 2.00 bits per heavy atom. The van der Waals surface area contributed by atoms with Gasteiger partial charge in [-0.1, -0.05) is 0 Å². The molecule has 0 aromatic carbocycles. The summed E-state index contributed by atoms with van der Waals surface area (Å²) in [6.45, 7) is 0.815. The first-order chi connectivity index (χ1) is 8.63. The van der Waals surface area contributed by atoms with Gasteiger partial charge in [0, 0.05) is 12.5 Å². The van der Waals surface area contributed by atoms with E-state index in [0.717, 1.165) is 25.2 Å². The third kappa shape index (κ3) is 1.76. The maximum Gasteiger partial charge on any atom is 0.160 e. The molecule has 1 aromatic rings. The zero-order valence-electron chi connectivity index (χ0n) is 10.1. The maximum atomic E-state index is 12.0. The van der Waals surface area contributed by atoms with E-state index in [9.17, 15) is 13.5 Å². The molecule has 7 heteroatoms.